The number of likely N-dealkylation sites (tertiary alicyclic amines) is 1. The number of nitrogens with one attached hydrogen (secondary N) is 2. The summed E-state index contributed by atoms with van der Waals surface area (Å²) in [6.07, 6.45) is 10.3. The molecule has 2 N–H and O–H groups in total. The van der Waals surface area contributed by atoms with E-state index in [1.807, 2.05) is 12.1 Å². The van der Waals surface area contributed by atoms with Crippen molar-refractivity contribution in [2.45, 2.75) is 68.3 Å². The molecule has 1 aromatic carbocycles. The number of nitrogens with zero attached hydrogens (tertiary/aromatic N) is 3. The molecule has 0 amide bonds. The number of halogens is 1. The summed E-state index contributed by atoms with van der Waals surface area (Å²) >= 11 is 0. The van der Waals surface area contributed by atoms with E-state index in [0.29, 0.717) is 11.4 Å². The van der Waals surface area contributed by atoms with E-state index in [2.05, 4.69) is 20.5 Å². The van der Waals surface area contributed by atoms with Crippen LogP contribution >= 0.6 is 24.0 Å². The zero-order chi connectivity index (χ0) is 22.3. The highest BCUT2D eigenvalue weighted by Gasteiger charge is 2.38. The summed E-state index contributed by atoms with van der Waals surface area (Å²) in [6.45, 7) is 3.68. The van der Waals surface area contributed by atoms with Crippen LogP contribution in [0.1, 0.15) is 56.9 Å². The maximum Gasteiger partial charge on any atom is 0.242 e. The van der Waals surface area contributed by atoms with E-state index in [1.54, 1.807) is 33.3 Å². The number of guanidine groups is 1. The van der Waals surface area contributed by atoms with Crippen LogP contribution in [0.5, 0.6) is 0 Å². The maximum absolute atomic E-state index is 12.7. The quantitative estimate of drug-likeness (QED) is 0.295. The minimum atomic E-state index is -3.49. The maximum atomic E-state index is 12.7. The second-order valence-corrected chi connectivity index (χ2v) is 11.1. The predicted octanol–water partition coefficient (Wildman–Crippen LogP) is 3.41. The molecular formula is C23H40IN5O2S. The van der Waals surface area contributed by atoms with Crippen molar-refractivity contribution in [1.29, 1.82) is 0 Å². The summed E-state index contributed by atoms with van der Waals surface area (Å²) in [6, 6.07) is 7.15. The first-order valence-electron chi connectivity index (χ1n) is 11.6. The van der Waals surface area contributed by atoms with E-state index in [4.69, 9.17) is 0 Å². The van der Waals surface area contributed by atoms with Crippen molar-refractivity contribution >= 4 is 40.0 Å². The number of aliphatic imine (C=N–C) groups is 1. The first-order valence-corrected chi connectivity index (χ1v) is 13.0. The first kappa shape index (κ1) is 27.3. The zero-order valence-electron chi connectivity index (χ0n) is 19.8. The predicted molar refractivity (Wildman–Crippen MR) is 142 cm³/mol. The molecule has 0 aromatic heterocycles. The molecule has 9 heteroatoms. The van der Waals surface area contributed by atoms with Gasteiger partial charge in [-0.05, 0) is 50.4 Å². The number of hydrogen-bond acceptors (Lipinski definition) is 4. The highest BCUT2D eigenvalue weighted by atomic mass is 127. The standard InChI is InChI=1S/C23H39N5O2S.HI/c1-24-22(25-18-20-12-6-7-13-21(20)31(29,30)27(2)3)26-19-23(14-8-4-9-15-23)28-16-10-5-11-17-28;/h6-7,12-13H,4-5,8-11,14-19H2,1-3H3,(H2,24,25,26);1H. The van der Waals surface area contributed by atoms with E-state index in [-0.39, 0.29) is 29.5 Å². The van der Waals surface area contributed by atoms with Gasteiger partial charge in [-0.15, -0.1) is 24.0 Å². The molecule has 1 aliphatic carbocycles. The third-order valence-corrected chi connectivity index (χ3v) is 8.71. The normalized spacial score (nSPS) is 19.9. The second-order valence-electron chi connectivity index (χ2n) is 9.01. The molecule has 32 heavy (non-hydrogen) atoms. The van der Waals surface area contributed by atoms with E-state index < -0.39 is 10.0 Å². The summed E-state index contributed by atoms with van der Waals surface area (Å²) in [5.41, 5.74) is 0.949. The van der Waals surface area contributed by atoms with Gasteiger partial charge in [-0.3, -0.25) is 9.89 Å². The molecule has 0 spiro atoms. The van der Waals surface area contributed by atoms with Crippen molar-refractivity contribution in [2.24, 2.45) is 4.99 Å². The van der Waals surface area contributed by atoms with Crippen molar-refractivity contribution in [3.8, 4) is 0 Å². The van der Waals surface area contributed by atoms with Gasteiger partial charge < -0.3 is 10.6 Å². The second kappa shape index (κ2) is 12.5. The molecule has 3 rings (SSSR count). The van der Waals surface area contributed by atoms with Crippen LogP contribution in [0.15, 0.2) is 34.2 Å². The van der Waals surface area contributed by atoms with Gasteiger partial charge in [0.05, 0.1) is 4.90 Å². The average Bonchev–Trinajstić information content (AvgIpc) is 2.80. The number of benzene rings is 1. The van der Waals surface area contributed by atoms with Crippen molar-refractivity contribution in [2.75, 3.05) is 40.8 Å². The Morgan fingerprint density at radius 3 is 2.28 bits per heavy atom. The Kier molecular flexibility index (Phi) is 10.7. The van der Waals surface area contributed by atoms with Gasteiger partial charge in [0.1, 0.15) is 0 Å². The van der Waals surface area contributed by atoms with Crippen molar-refractivity contribution in [3.05, 3.63) is 29.8 Å². The van der Waals surface area contributed by atoms with Crippen molar-refractivity contribution < 1.29 is 8.42 Å². The lowest BCUT2D eigenvalue weighted by molar-refractivity contribution is 0.0368. The molecule has 1 saturated heterocycles. The van der Waals surface area contributed by atoms with Gasteiger partial charge in [-0.1, -0.05) is 43.9 Å². The van der Waals surface area contributed by atoms with E-state index >= 15 is 0 Å². The monoisotopic (exact) mass is 577 g/mol. The van der Waals surface area contributed by atoms with Crippen molar-refractivity contribution in [1.82, 2.24) is 19.8 Å². The molecule has 2 aliphatic rings. The Morgan fingerprint density at radius 2 is 1.66 bits per heavy atom. The Hall–Kier alpha value is -0.910. The molecule has 1 saturated carbocycles. The summed E-state index contributed by atoms with van der Waals surface area (Å²) in [5.74, 6) is 0.721. The largest absolute Gasteiger partial charge is 0.355 e. The third-order valence-electron chi connectivity index (χ3n) is 6.80. The van der Waals surface area contributed by atoms with Crippen LogP contribution in [0.2, 0.25) is 0 Å². The lowest BCUT2D eigenvalue weighted by Gasteiger charge is -2.48. The fourth-order valence-electron chi connectivity index (χ4n) is 4.93. The minimum Gasteiger partial charge on any atom is -0.355 e. The molecule has 1 aliphatic heterocycles. The SMILES string of the molecule is CN=C(NCc1ccccc1S(=O)(=O)N(C)C)NCC1(N2CCCCC2)CCCCC1.I. The molecule has 2 fully saturated rings. The summed E-state index contributed by atoms with van der Waals surface area (Å²) in [7, 11) is 1.40. The Labute approximate surface area is 211 Å². The summed E-state index contributed by atoms with van der Waals surface area (Å²) in [5, 5.41) is 6.90. The van der Waals surface area contributed by atoms with Gasteiger partial charge in [0.25, 0.3) is 0 Å². The van der Waals surface area contributed by atoms with Gasteiger partial charge in [-0.25, -0.2) is 12.7 Å². The highest BCUT2D eigenvalue weighted by Crippen LogP contribution is 2.35. The summed E-state index contributed by atoms with van der Waals surface area (Å²) < 4.78 is 26.6. The van der Waals surface area contributed by atoms with Gasteiger partial charge in [0.2, 0.25) is 10.0 Å². The van der Waals surface area contributed by atoms with Gasteiger partial charge >= 0.3 is 0 Å². The fraction of sp³-hybridized carbons (Fsp3) is 0.696. The van der Waals surface area contributed by atoms with Crippen LogP contribution in [0.4, 0.5) is 0 Å². The Morgan fingerprint density at radius 1 is 1.03 bits per heavy atom. The van der Waals surface area contributed by atoms with Crippen LogP contribution in [-0.2, 0) is 16.6 Å². The molecule has 1 aromatic rings. The minimum absolute atomic E-state index is 0. The number of hydrogen-bond donors (Lipinski definition) is 2. The Bertz CT molecular complexity index is 848. The fourth-order valence-corrected chi connectivity index (χ4v) is 6.04. The molecular weight excluding hydrogens is 537 g/mol. The van der Waals surface area contributed by atoms with Crippen LogP contribution in [-0.4, -0.2) is 69.9 Å². The van der Waals surface area contributed by atoms with Gasteiger partial charge in [0, 0.05) is 39.8 Å². The van der Waals surface area contributed by atoms with E-state index in [9.17, 15) is 8.42 Å². The third kappa shape index (κ3) is 6.57. The smallest absolute Gasteiger partial charge is 0.242 e. The van der Waals surface area contributed by atoms with Crippen LogP contribution in [0.25, 0.3) is 0 Å². The lowest BCUT2D eigenvalue weighted by atomic mass is 9.79. The van der Waals surface area contributed by atoms with Gasteiger partial charge in [0.15, 0.2) is 5.96 Å². The van der Waals surface area contributed by atoms with Crippen LogP contribution in [0, 0.1) is 0 Å². The molecule has 7 nitrogen and oxygen atoms in total. The number of rotatable bonds is 7. The molecule has 182 valence electrons. The van der Waals surface area contributed by atoms with Gasteiger partial charge in [-0.2, -0.15) is 0 Å². The highest BCUT2D eigenvalue weighted by molar-refractivity contribution is 14.0. The molecule has 0 bridgehead atoms. The number of piperidine rings is 1. The van der Waals surface area contributed by atoms with Crippen LogP contribution < -0.4 is 10.6 Å². The molecule has 0 unspecified atom stereocenters. The Balaban J connectivity index is 0.00000363. The lowest BCUT2D eigenvalue weighted by Crippen LogP contribution is -2.59. The van der Waals surface area contributed by atoms with E-state index in [1.165, 1.54) is 68.8 Å². The zero-order valence-corrected chi connectivity index (χ0v) is 22.9. The average molecular weight is 578 g/mol. The number of sulfonamides is 1. The summed E-state index contributed by atoms with van der Waals surface area (Å²) in [4.78, 5) is 7.46. The topological polar surface area (TPSA) is 77.0 Å². The van der Waals surface area contributed by atoms with Crippen LogP contribution in [0.3, 0.4) is 0 Å². The molecule has 0 atom stereocenters. The molecule has 1 heterocycles. The van der Waals surface area contributed by atoms with E-state index in [0.717, 1.165) is 18.1 Å². The molecule has 0 radical (unpaired) electrons. The van der Waals surface area contributed by atoms with Crippen molar-refractivity contribution in [3.63, 3.8) is 0 Å². The first-order chi connectivity index (χ1) is 14.9.